The number of hydrogen-bond acceptors (Lipinski definition) is 2. The van der Waals surface area contributed by atoms with Crippen molar-refractivity contribution in [2.24, 2.45) is 11.8 Å². The van der Waals surface area contributed by atoms with E-state index in [1.54, 1.807) is 0 Å². The van der Waals surface area contributed by atoms with E-state index in [-0.39, 0.29) is 6.61 Å². The lowest BCUT2D eigenvalue weighted by Gasteiger charge is -2.26. The summed E-state index contributed by atoms with van der Waals surface area (Å²) < 4.78 is 0. The van der Waals surface area contributed by atoms with Crippen LogP contribution in [-0.2, 0) is 0 Å². The Morgan fingerprint density at radius 1 is 1.38 bits per heavy atom. The minimum absolute atomic E-state index is 0.270. The van der Waals surface area contributed by atoms with Crippen LogP contribution in [0.2, 0.25) is 0 Å². The smallest absolute Gasteiger partial charge is 0.0587 e. The van der Waals surface area contributed by atoms with Gasteiger partial charge in [0, 0.05) is 12.1 Å². The van der Waals surface area contributed by atoms with E-state index in [9.17, 15) is 5.11 Å². The molecule has 0 bridgehead atoms. The van der Waals surface area contributed by atoms with Gasteiger partial charge in [0.1, 0.15) is 0 Å². The van der Waals surface area contributed by atoms with Crippen molar-refractivity contribution in [3.63, 3.8) is 0 Å². The van der Waals surface area contributed by atoms with Gasteiger partial charge in [0.2, 0.25) is 0 Å². The quantitative estimate of drug-likeness (QED) is 0.661. The lowest BCUT2D eigenvalue weighted by molar-refractivity contribution is 0.188. The van der Waals surface area contributed by atoms with E-state index in [4.69, 9.17) is 0 Å². The fourth-order valence-electron chi connectivity index (χ4n) is 1.75. The normalized spacial score (nSPS) is 24.0. The van der Waals surface area contributed by atoms with Crippen molar-refractivity contribution in [3.05, 3.63) is 0 Å². The molecular weight excluding hydrogens is 162 g/mol. The zero-order valence-electron chi connectivity index (χ0n) is 9.09. The van der Waals surface area contributed by atoms with Gasteiger partial charge in [-0.05, 0) is 31.6 Å². The predicted molar refractivity (Wildman–Crippen MR) is 55.7 cm³/mol. The van der Waals surface area contributed by atoms with Gasteiger partial charge in [-0.1, -0.05) is 20.3 Å². The first-order valence-corrected chi connectivity index (χ1v) is 5.56. The molecule has 1 rings (SSSR count). The van der Waals surface area contributed by atoms with Crippen molar-refractivity contribution < 1.29 is 5.11 Å². The summed E-state index contributed by atoms with van der Waals surface area (Å²) in [5.41, 5.74) is 0. The fraction of sp³-hybridized carbons (Fsp3) is 1.00. The number of hydrogen-bond donors (Lipinski definition) is 2. The SMILES string of the molecule is CCC(C)C(CO)NC(C)C1CC1. The summed E-state index contributed by atoms with van der Waals surface area (Å²) >= 11 is 0. The number of aliphatic hydroxyl groups excluding tert-OH is 1. The summed E-state index contributed by atoms with van der Waals surface area (Å²) in [7, 11) is 0. The minimum atomic E-state index is 0.270. The van der Waals surface area contributed by atoms with Crippen molar-refractivity contribution in [3.8, 4) is 0 Å². The van der Waals surface area contributed by atoms with E-state index >= 15 is 0 Å². The van der Waals surface area contributed by atoms with Crippen LogP contribution in [0.1, 0.15) is 40.0 Å². The molecule has 0 aromatic carbocycles. The minimum Gasteiger partial charge on any atom is -0.395 e. The Morgan fingerprint density at radius 2 is 2.00 bits per heavy atom. The lowest BCUT2D eigenvalue weighted by Crippen LogP contribution is -2.44. The molecule has 0 spiro atoms. The van der Waals surface area contributed by atoms with Gasteiger partial charge in [0.25, 0.3) is 0 Å². The van der Waals surface area contributed by atoms with E-state index in [0.29, 0.717) is 18.0 Å². The molecule has 0 amide bonds. The lowest BCUT2D eigenvalue weighted by atomic mass is 9.98. The van der Waals surface area contributed by atoms with Crippen molar-refractivity contribution in [1.29, 1.82) is 0 Å². The first kappa shape index (κ1) is 11.0. The standard InChI is InChI=1S/C11H23NO/c1-4-8(2)11(7-13)12-9(3)10-5-6-10/h8-13H,4-7H2,1-3H3. The highest BCUT2D eigenvalue weighted by Gasteiger charge is 2.29. The van der Waals surface area contributed by atoms with Gasteiger partial charge in [-0.25, -0.2) is 0 Å². The molecule has 78 valence electrons. The molecule has 1 saturated carbocycles. The van der Waals surface area contributed by atoms with Crippen LogP contribution in [0.5, 0.6) is 0 Å². The van der Waals surface area contributed by atoms with Crippen LogP contribution in [0.4, 0.5) is 0 Å². The van der Waals surface area contributed by atoms with Gasteiger partial charge in [-0.3, -0.25) is 0 Å². The summed E-state index contributed by atoms with van der Waals surface area (Å²) in [5.74, 6) is 1.45. The van der Waals surface area contributed by atoms with Crippen LogP contribution >= 0.6 is 0 Å². The molecular formula is C11H23NO. The summed E-state index contributed by atoms with van der Waals surface area (Å²) in [4.78, 5) is 0. The third-order valence-corrected chi connectivity index (χ3v) is 3.33. The molecule has 2 nitrogen and oxygen atoms in total. The number of nitrogens with one attached hydrogen (secondary N) is 1. The van der Waals surface area contributed by atoms with Crippen LogP contribution in [-0.4, -0.2) is 23.8 Å². The molecule has 1 aliphatic carbocycles. The Balaban J connectivity index is 2.28. The third kappa shape index (κ3) is 3.28. The molecule has 1 aliphatic rings. The van der Waals surface area contributed by atoms with E-state index in [0.717, 1.165) is 12.3 Å². The number of rotatable bonds is 6. The molecule has 0 aromatic rings. The number of aliphatic hydroxyl groups is 1. The van der Waals surface area contributed by atoms with Gasteiger partial charge < -0.3 is 10.4 Å². The Morgan fingerprint density at radius 3 is 2.38 bits per heavy atom. The molecule has 1 fully saturated rings. The van der Waals surface area contributed by atoms with Crippen LogP contribution in [0.3, 0.4) is 0 Å². The van der Waals surface area contributed by atoms with E-state index in [2.05, 4.69) is 26.1 Å². The first-order valence-electron chi connectivity index (χ1n) is 5.56. The second-order valence-electron chi connectivity index (χ2n) is 4.47. The molecule has 0 saturated heterocycles. The van der Waals surface area contributed by atoms with Crippen LogP contribution in [0, 0.1) is 11.8 Å². The molecule has 2 N–H and O–H groups in total. The maximum absolute atomic E-state index is 9.22. The summed E-state index contributed by atoms with van der Waals surface area (Å²) in [6.45, 7) is 6.89. The highest BCUT2D eigenvalue weighted by atomic mass is 16.3. The molecule has 3 atom stereocenters. The summed E-state index contributed by atoms with van der Waals surface area (Å²) in [5, 5.41) is 12.7. The Bertz CT molecular complexity index is 145. The second kappa shape index (κ2) is 4.97. The zero-order chi connectivity index (χ0) is 9.84. The fourth-order valence-corrected chi connectivity index (χ4v) is 1.75. The van der Waals surface area contributed by atoms with Crippen LogP contribution in [0.15, 0.2) is 0 Å². The average Bonchev–Trinajstić information content (AvgIpc) is 2.95. The second-order valence-corrected chi connectivity index (χ2v) is 4.47. The van der Waals surface area contributed by atoms with Crippen LogP contribution < -0.4 is 5.32 Å². The Labute approximate surface area is 81.7 Å². The molecule has 0 aliphatic heterocycles. The van der Waals surface area contributed by atoms with Gasteiger partial charge in [0.05, 0.1) is 6.61 Å². The maximum atomic E-state index is 9.22. The Hall–Kier alpha value is -0.0800. The highest BCUT2D eigenvalue weighted by Crippen LogP contribution is 2.32. The third-order valence-electron chi connectivity index (χ3n) is 3.33. The predicted octanol–water partition coefficient (Wildman–Crippen LogP) is 1.78. The molecule has 0 heterocycles. The summed E-state index contributed by atoms with van der Waals surface area (Å²) in [6.07, 6.45) is 3.87. The largest absolute Gasteiger partial charge is 0.395 e. The molecule has 2 heteroatoms. The van der Waals surface area contributed by atoms with Crippen molar-refractivity contribution in [2.45, 2.75) is 52.1 Å². The van der Waals surface area contributed by atoms with Gasteiger partial charge in [0.15, 0.2) is 0 Å². The molecule has 13 heavy (non-hydrogen) atoms. The van der Waals surface area contributed by atoms with Crippen molar-refractivity contribution >= 4 is 0 Å². The van der Waals surface area contributed by atoms with Gasteiger partial charge in [-0.2, -0.15) is 0 Å². The monoisotopic (exact) mass is 185 g/mol. The topological polar surface area (TPSA) is 32.3 Å². The molecule has 0 radical (unpaired) electrons. The van der Waals surface area contributed by atoms with E-state index < -0.39 is 0 Å². The maximum Gasteiger partial charge on any atom is 0.0587 e. The van der Waals surface area contributed by atoms with Gasteiger partial charge in [-0.15, -0.1) is 0 Å². The van der Waals surface area contributed by atoms with Crippen LogP contribution in [0.25, 0.3) is 0 Å². The molecule has 0 aromatic heterocycles. The average molecular weight is 185 g/mol. The molecule has 3 unspecified atom stereocenters. The summed E-state index contributed by atoms with van der Waals surface area (Å²) in [6, 6.07) is 0.881. The van der Waals surface area contributed by atoms with E-state index in [1.165, 1.54) is 12.8 Å². The first-order chi connectivity index (χ1) is 6.19. The highest BCUT2D eigenvalue weighted by molar-refractivity contribution is 4.86. The zero-order valence-corrected chi connectivity index (χ0v) is 9.09. The van der Waals surface area contributed by atoms with Crippen molar-refractivity contribution in [1.82, 2.24) is 5.32 Å². The van der Waals surface area contributed by atoms with Gasteiger partial charge >= 0.3 is 0 Å². The van der Waals surface area contributed by atoms with Crippen molar-refractivity contribution in [2.75, 3.05) is 6.61 Å². The Kier molecular flexibility index (Phi) is 4.20. The van der Waals surface area contributed by atoms with E-state index in [1.807, 2.05) is 0 Å².